The SMILES string of the molecule is CCCCCC=CCC=CCCCCCCCC(=O)O[C@H](COC(=O)CCCCCCCCCCCCCCC)COP(=O)(O)OC[C@@H](O)CO. The summed E-state index contributed by atoms with van der Waals surface area (Å²) in [7, 11) is -4.61. The highest BCUT2D eigenvalue weighted by atomic mass is 31.2. The smallest absolute Gasteiger partial charge is 0.462 e. The van der Waals surface area contributed by atoms with E-state index < -0.39 is 51.8 Å². The average Bonchev–Trinajstić information content (AvgIpc) is 3.12. The quantitative estimate of drug-likeness (QED) is 0.0241. The van der Waals surface area contributed by atoms with Gasteiger partial charge in [-0.2, -0.15) is 0 Å². The van der Waals surface area contributed by atoms with Crippen LogP contribution in [0.25, 0.3) is 0 Å². The predicted molar refractivity (Wildman–Crippen MR) is 205 cm³/mol. The topological polar surface area (TPSA) is 149 Å². The van der Waals surface area contributed by atoms with Crippen LogP contribution in [0.5, 0.6) is 0 Å². The van der Waals surface area contributed by atoms with E-state index in [4.69, 9.17) is 19.1 Å². The Morgan fingerprint density at radius 2 is 1.02 bits per heavy atom. The van der Waals surface area contributed by atoms with Gasteiger partial charge in [0.15, 0.2) is 6.10 Å². The van der Waals surface area contributed by atoms with Gasteiger partial charge >= 0.3 is 19.8 Å². The maximum atomic E-state index is 12.6. The fourth-order valence-corrected chi connectivity index (χ4v) is 6.22. The van der Waals surface area contributed by atoms with Crippen LogP contribution in [0.3, 0.4) is 0 Å². The summed E-state index contributed by atoms with van der Waals surface area (Å²) >= 11 is 0. The predicted octanol–water partition coefficient (Wildman–Crippen LogP) is 10.2. The number of carbonyl (C=O) groups is 2. The minimum atomic E-state index is -4.61. The van der Waals surface area contributed by atoms with Crippen LogP contribution in [0, 0.1) is 0 Å². The molecule has 0 aromatic heterocycles. The Morgan fingerprint density at radius 3 is 1.55 bits per heavy atom. The number of phosphoric ester groups is 1. The Kier molecular flexibility index (Phi) is 35.7. The van der Waals surface area contributed by atoms with E-state index in [0.29, 0.717) is 12.8 Å². The van der Waals surface area contributed by atoms with Crippen molar-refractivity contribution < 1.29 is 47.8 Å². The number of aliphatic hydroxyl groups excluding tert-OH is 2. The minimum Gasteiger partial charge on any atom is -0.462 e. The van der Waals surface area contributed by atoms with Crippen molar-refractivity contribution in [2.24, 2.45) is 0 Å². The average molecular weight is 747 g/mol. The van der Waals surface area contributed by atoms with Gasteiger partial charge in [0.05, 0.1) is 19.8 Å². The summed E-state index contributed by atoms with van der Waals surface area (Å²) in [6, 6.07) is 0. The summed E-state index contributed by atoms with van der Waals surface area (Å²) in [6.07, 6.45) is 34.2. The Hall–Kier alpha value is -1.55. The normalized spacial score (nSPS) is 14.2. The van der Waals surface area contributed by atoms with E-state index in [0.717, 1.165) is 64.2 Å². The van der Waals surface area contributed by atoms with E-state index in [1.54, 1.807) is 0 Å². The van der Waals surface area contributed by atoms with Crippen molar-refractivity contribution in [2.45, 2.75) is 193 Å². The first-order chi connectivity index (χ1) is 24.7. The van der Waals surface area contributed by atoms with Crippen molar-refractivity contribution in [2.75, 3.05) is 26.4 Å². The van der Waals surface area contributed by atoms with Crippen molar-refractivity contribution in [3.8, 4) is 0 Å². The van der Waals surface area contributed by atoms with Gasteiger partial charge in [0, 0.05) is 12.8 Å². The van der Waals surface area contributed by atoms with E-state index >= 15 is 0 Å². The molecule has 0 rings (SSSR count). The number of allylic oxidation sites excluding steroid dienone is 4. The largest absolute Gasteiger partial charge is 0.472 e. The first-order valence-corrected chi connectivity index (χ1v) is 21.8. The van der Waals surface area contributed by atoms with Crippen molar-refractivity contribution in [1.29, 1.82) is 0 Å². The molecular formula is C40H75O10P. The highest BCUT2D eigenvalue weighted by Crippen LogP contribution is 2.43. The maximum Gasteiger partial charge on any atom is 0.472 e. The molecule has 10 nitrogen and oxygen atoms in total. The van der Waals surface area contributed by atoms with E-state index in [2.05, 4.69) is 42.7 Å². The van der Waals surface area contributed by atoms with Crippen LogP contribution < -0.4 is 0 Å². The molecule has 0 aliphatic heterocycles. The molecule has 0 aliphatic rings. The number of hydrogen-bond acceptors (Lipinski definition) is 9. The van der Waals surface area contributed by atoms with Crippen LogP contribution in [0.15, 0.2) is 24.3 Å². The maximum absolute atomic E-state index is 12.6. The van der Waals surface area contributed by atoms with Gasteiger partial charge in [-0.3, -0.25) is 18.6 Å². The van der Waals surface area contributed by atoms with Gasteiger partial charge in [-0.15, -0.1) is 0 Å². The molecule has 0 saturated heterocycles. The molecular weight excluding hydrogens is 671 g/mol. The monoisotopic (exact) mass is 747 g/mol. The standard InChI is InChI=1S/C40H75O10P/c1-3-5-7-9-11-13-15-17-18-20-22-24-26-28-30-32-40(44)50-38(36-49-51(45,46)48-34-37(42)33-41)35-47-39(43)31-29-27-25-23-21-19-16-14-12-10-8-6-4-2/h11,13,17-18,37-38,41-42H,3-10,12,14-16,19-36H2,1-2H3,(H,45,46)/t37-,38+/m0/s1. The Bertz CT molecular complexity index is 910. The summed E-state index contributed by atoms with van der Waals surface area (Å²) in [5, 5.41) is 18.3. The van der Waals surface area contributed by atoms with Gasteiger partial charge in [0.25, 0.3) is 0 Å². The van der Waals surface area contributed by atoms with Gasteiger partial charge in [-0.05, 0) is 44.9 Å². The number of hydrogen-bond donors (Lipinski definition) is 3. The number of unbranched alkanes of at least 4 members (excludes halogenated alkanes) is 20. The van der Waals surface area contributed by atoms with E-state index in [9.17, 15) is 24.2 Å². The van der Waals surface area contributed by atoms with Gasteiger partial charge in [-0.25, -0.2) is 4.57 Å². The summed E-state index contributed by atoms with van der Waals surface area (Å²) in [6.45, 7) is 2.34. The fourth-order valence-electron chi connectivity index (χ4n) is 5.43. The van der Waals surface area contributed by atoms with Crippen molar-refractivity contribution in [1.82, 2.24) is 0 Å². The summed E-state index contributed by atoms with van der Waals surface area (Å²) in [4.78, 5) is 34.9. The summed E-state index contributed by atoms with van der Waals surface area (Å²) in [5.41, 5.74) is 0. The molecule has 3 atom stereocenters. The third-order valence-electron chi connectivity index (χ3n) is 8.61. The zero-order chi connectivity index (χ0) is 37.7. The molecule has 11 heteroatoms. The summed E-state index contributed by atoms with van der Waals surface area (Å²) < 4.78 is 32.6. The van der Waals surface area contributed by atoms with Crippen LogP contribution in [0.1, 0.15) is 181 Å². The Labute approximate surface area is 310 Å². The van der Waals surface area contributed by atoms with E-state index in [1.165, 1.54) is 77.0 Å². The van der Waals surface area contributed by atoms with Crippen molar-refractivity contribution >= 4 is 19.8 Å². The summed E-state index contributed by atoms with van der Waals surface area (Å²) in [5.74, 6) is -0.937. The second-order valence-corrected chi connectivity index (χ2v) is 15.1. The van der Waals surface area contributed by atoms with Crippen molar-refractivity contribution in [3.63, 3.8) is 0 Å². The van der Waals surface area contributed by atoms with E-state index in [-0.39, 0.29) is 19.4 Å². The Morgan fingerprint density at radius 1 is 0.588 bits per heavy atom. The first-order valence-electron chi connectivity index (χ1n) is 20.3. The number of rotatable bonds is 38. The molecule has 0 saturated carbocycles. The molecule has 0 heterocycles. The Balaban J connectivity index is 4.35. The first kappa shape index (κ1) is 49.5. The molecule has 0 fully saturated rings. The lowest BCUT2D eigenvalue weighted by molar-refractivity contribution is -0.161. The molecule has 3 N–H and O–H groups in total. The van der Waals surface area contributed by atoms with Crippen LogP contribution in [-0.2, 0) is 32.7 Å². The number of aliphatic hydroxyl groups is 2. The molecule has 0 aliphatic carbocycles. The molecule has 0 bridgehead atoms. The highest BCUT2D eigenvalue weighted by Gasteiger charge is 2.27. The zero-order valence-corrected chi connectivity index (χ0v) is 33.2. The van der Waals surface area contributed by atoms with E-state index in [1.807, 2.05) is 0 Å². The molecule has 300 valence electrons. The van der Waals surface area contributed by atoms with Gasteiger partial charge in [-0.1, -0.05) is 147 Å². The molecule has 0 aromatic carbocycles. The number of ether oxygens (including phenoxy) is 2. The highest BCUT2D eigenvalue weighted by molar-refractivity contribution is 7.47. The van der Waals surface area contributed by atoms with Gasteiger partial charge in [0.2, 0.25) is 0 Å². The van der Waals surface area contributed by atoms with Crippen LogP contribution in [0.4, 0.5) is 0 Å². The molecule has 0 aromatic rings. The number of carbonyl (C=O) groups excluding carboxylic acids is 2. The van der Waals surface area contributed by atoms with Gasteiger partial charge in [0.1, 0.15) is 12.7 Å². The van der Waals surface area contributed by atoms with Gasteiger partial charge < -0.3 is 24.6 Å². The second kappa shape index (κ2) is 36.8. The number of phosphoric acid groups is 1. The lowest BCUT2D eigenvalue weighted by atomic mass is 10.0. The lowest BCUT2D eigenvalue weighted by Gasteiger charge is -2.20. The zero-order valence-electron chi connectivity index (χ0n) is 32.3. The van der Waals surface area contributed by atoms with Crippen LogP contribution in [-0.4, -0.2) is 65.7 Å². The third-order valence-corrected chi connectivity index (χ3v) is 9.56. The second-order valence-electron chi connectivity index (χ2n) is 13.7. The molecule has 0 radical (unpaired) electrons. The van der Waals surface area contributed by atoms with Crippen molar-refractivity contribution in [3.05, 3.63) is 24.3 Å². The van der Waals surface area contributed by atoms with Crippen LogP contribution >= 0.6 is 7.82 Å². The third kappa shape index (κ3) is 36.6. The molecule has 0 amide bonds. The van der Waals surface area contributed by atoms with Crippen LogP contribution in [0.2, 0.25) is 0 Å². The lowest BCUT2D eigenvalue weighted by Crippen LogP contribution is -2.29. The molecule has 0 spiro atoms. The molecule has 51 heavy (non-hydrogen) atoms. The number of esters is 2. The molecule has 1 unspecified atom stereocenters. The minimum absolute atomic E-state index is 0.171. The fraction of sp³-hybridized carbons (Fsp3) is 0.850.